The molecule has 1 amide bonds. The number of amides is 1. The van der Waals surface area contributed by atoms with Crippen LogP contribution in [0.5, 0.6) is 0 Å². The van der Waals surface area contributed by atoms with Crippen molar-refractivity contribution >= 4 is 22.7 Å². The molecule has 0 aliphatic carbocycles. The highest BCUT2D eigenvalue weighted by atomic mass is 16.3. The molecule has 1 aliphatic heterocycles. The van der Waals surface area contributed by atoms with E-state index in [-0.39, 0.29) is 11.3 Å². The van der Waals surface area contributed by atoms with E-state index in [1.807, 2.05) is 61.5 Å². The summed E-state index contributed by atoms with van der Waals surface area (Å²) in [4.78, 5) is 29.9. The third-order valence-electron chi connectivity index (χ3n) is 5.69. The van der Waals surface area contributed by atoms with Crippen LogP contribution < -0.4 is 0 Å². The Labute approximate surface area is 181 Å². The number of nitrogens with zero attached hydrogens (tertiary/aromatic N) is 2. The first kappa shape index (κ1) is 20.9. The van der Waals surface area contributed by atoms with Crippen molar-refractivity contribution in [1.82, 2.24) is 9.80 Å². The average molecular weight is 418 g/mol. The molecule has 1 unspecified atom stereocenters. The number of hydrogen-bond acceptors (Lipinski definition) is 5. The Bertz CT molecular complexity index is 1120. The third-order valence-corrected chi connectivity index (χ3v) is 5.69. The van der Waals surface area contributed by atoms with Gasteiger partial charge in [-0.2, -0.15) is 0 Å². The molecule has 1 aromatic heterocycles. The third kappa shape index (κ3) is 3.86. The van der Waals surface area contributed by atoms with E-state index in [0.717, 1.165) is 22.9 Å². The van der Waals surface area contributed by atoms with Gasteiger partial charge in [0.1, 0.15) is 5.58 Å². The van der Waals surface area contributed by atoms with E-state index < -0.39 is 23.5 Å². The van der Waals surface area contributed by atoms with Crippen molar-refractivity contribution in [1.29, 1.82) is 0 Å². The fourth-order valence-electron chi connectivity index (χ4n) is 3.93. The van der Waals surface area contributed by atoms with E-state index in [1.165, 1.54) is 0 Å². The first-order valence-electron chi connectivity index (χ1n) is 10.4. The molecule has 0 saturated heterocycles. The summed E-state index contributed by atoms with van der Waals surface area (Å²) >= 11 is 0. The lowest BCUT2D eigenvalue weighted by Gasteiger charge is -2.28. The molecule has 0 spiro atoms. The van der Waals surface area contributed by atoms with E-state index in [4.69, 9.17) is 4.42 Å². The maximum atomic E-state index is 13.5. The predicted molar refractivity (Wildman–Crippen MR) is 119 cm³/mol. The zero-order valence-electron chi connectivity index (χ0n) is 18.0. The van der Waals surface area contributed by atoms with Crippen molar-refractivity contribution in [3.63, 3.8) is 0 Å². The molecule has 0 fully saturated rings. The Hall–Kier alpha value is -3.38. The Morgan fingerprint density at radius 2 is 1.84 bits per heavy atom. The van der Waals surface area contributed by atoms with Gasteiger partial charge in [-0.05, 0) is 43.8 Å². The van der Waals surface area contributed by atoms with Crippen molar-refractivity contribution in [3.8, 4) is 0 Å². The zero-order valence-corrected chi connectivity index (χ0v) is 18.0. The molecule has 0 saturated carbocycles. The van der Waals surface area contributed by atoms with Gasteiger partial charge in [-0.3, -0.25) is 9.59 Å². The number of aliphatic hydroxyl groups is 1. The number of aryl methyl sites for hydroxylation is 1. The smallest absolute Gasteiger partial charge is 0.290 e. The summed E-state index contributed by atoms with van der Waals surface area (Å²) in [5.41, 5.74) is 2.59. The van der Waals surface area contributed by atoms with Crippen molar-refractivity contribution in [3.05, 3.63) is 82.8 Å². The van der Waals surface area contributed by atoms with Crippen LogP contribution in [0.15, 0.2) is 70.3 Å². The number of fused-ring (bicyclic) bond motifs is 1. The summed E-state index contributed by atoms with van der Waals surface area (Å²) in [6, 6.07) is 16.1. The van der Waals surface area contributed by atoms with Crippen molar-refractivity contribution in [2.24, 2.45) is 0 Å². The largest absolute Gasteiger partial charge is 0.503 e. The van der Waals surface area contributed by atoms with Gasteiger partial charge in [0.15, 0.2) is 11.5 Å². The minimum atomic E-state index is -0.668. The van der Waals surface area contributed by atoms with E-state index >= 15 is 0 Å². The van der Waals surface area contributed by atoms with Gasteiger partial charge in [0, 0.05) is 18.5 Å². The fraction of sp³-hybridized carbons (Fsp3) is 0.280. The molecule has 0 bridgehead atoms. The highest BCUT2D eigenvalue weighted by Gasteiger charge is 2.44. The Balaban J connectivity index is 1.77. The lowest BCUT2D eigenvalue weighted by Crippen LogP contribution is -2.36. The molecule has 2 heterocycles. The van der Waals surface area contributed by atoms with E-state index in [1.54, 1.807) is 17.0 Å². The van der Waals surface area contributed by atoms with Gasteiger partial charge in [0.2, 0.25) is 5.78 Å². The van der Waals surface area contributed by atoms with Crippen LogP contribution in [0.2, 0.25) is 0 Å². The number of carbonyl (C=O) groups excluding carboxylic acids is 2. The Morgan fingerprint density at radius 3 is 2.48 bits per heavy atom. The summed E-state index contributed by atoms with van der Waals surface area (Å²) < 4.78 is 5.75. The number of para-hydroxylation sites is 1. The number of ketones is 1. The van der Waals surface area contributed by atoms with Crippen LogP contribution in [0.4, 0.5) is 0 Å². The minimum Gasteiger partial charge on any atom is -0.503 e. The standard InChI is InChI=1S/C25H26N2O4/c1-4-16-9-11-17(12-10-16)22-21(24(29)25(30)27(22)14-13-26(2)3)23(28)20-15-18-7-5-6-8-19(18)31-20/h5-12,15,22,29H,4,13-14H2,1-3H3. The molecule has 1 aliphatic rings. The SMILES string of the molecule is CCc1ccc(C2C(C(=O)c3cc4ccccc4o3)=C(O)C(=O)N2CCN(C)C)cc1. The molecule has 6 nitrogen and oxygen atoms in total. The number of likely N-dealkylation sites (N-methyl/N-ethyl adjacent to an activating group) is 1. The molecule has 6 heteroatoms. The zero-order chi connectivity index (χ0) is 22.1. The number of furan rings is 1. The lowest BCUT2D eigenvalue weighted by atomic mass is 9.94. The quantitative estimate of drug-likeness (QED) is 0.584. The molecule has 4 rings (SSSR count). The van der Waals surface area contributed by atoms with Crippen LogP contribution in [0.25, 0.3) is 11.0 Å². The van der Waals surface area contributed by atoms with Crippen molar-refractivity contribution in [2.75, 3.05) is 27.2 Å². The predicted octanol–water partition coefficient (Wildman–Crippen LogP) is 4.14. The fourth-order valence-corrected chi connectivity index (χ4v) is 3.93. The molecular formula is C25H26N2O4. The van der Waals surface area contributed by atoms with Crippen LogP contribution in [0.3, 0.4) is 0 Å². The first-order valence-corrected chi connectivity index (χ1v) is 10.4. The van der Waals surface area contributed by atoms with Crippen LogP contribution in [0.1, 0.15) is 34.6 Å². The molecular weight excluding hydrogens is 392 g/mol. The van der Waals surface area contributed by atoms with Gasteiger partial charge in [-0.15, -0.1) is 0 Å². The molecule has 1 N–H and O–H groups in total. The summed E-state index contributed by atoms with van der Waals surface area (Å²) in [6.07, 6.45) is 0.889. The van der Waals surface area contributed by atoms with Gasteiger partial charge >= 0.3 is 0 Å². The summed E-state index contributed by atoms with van der Waals surface area (Å²) in [5, 5.41) is 11.5. The minimum absolute atomic E-state index is 0.0621. The van der Waals surface area contributed by atoms with Crippen LogP contribution in [-0.4, -0.2) is 53.8 Å². The van der Waals surface area contributed by atoms with Crippen molar-refractivity contribution in [2.45, 2.75) is 19.4 Å². The second-order valence-corrected chi connectivity index (χ2v) is 8.04. The van der Waals surface area contributed by atoms with Gasteiger partial charge in [-0.1, -0.05) is 49.4 Å². The molecule has 3 aromatic rings. The highest BCUT2D eigenvalue weighted by Crippen LogP contribution is 2.39. The number of rotatable bonds is 7. The van der Waals surface area contributed by atoms with Gasteiger partial charge < -0.3 is 19.3 Å². The Kier molecular flexibility index (Phi) is 5.65. The molecule has 1 atom stereocenters. The van der Waals surface area contributed by atoms with E-state index in [2.05, 4.69) is 6.92 Å². The van der Waals surface area contributed by atoms with E-state index in [0.29, 0.717) is 18.7 Å². The summed E-state index contributed by atoms with van der Waals surface area (Å²) in [7, 11) is 3.83. The Morgan fingerprint density at radius 1 is 1.13 bits per heavy atom. The first-order chi connectivity index (χ1) is 14.9. The topological polar surface area (TPSA) is 74.0 Å². The second-order valence-electron chi connectivity index (χ2n) is 8.04. The van der Waals surface area contributed by atoms with Gasteiger partial charge in [0.25, 0.3) is 5.91 Å². The van der Waals surface area contributed by atoms with Gasteiger partial charge in [-0.25, -0.2) is 0 Å². The summed E-state index contributed by atoms with van der Waals surface area (Å²) in [6.45, 7) is 3.06. The average Bonchev–Trinajstić information content (AvgIpc) is 3.31. The molecule has 0 radical (unpaired) electrons. The number of carbonyl (C=O) groups is 2. The van der Waals surface area contributed by atoms with Gasteiger partial charge in [0.05, 0.1) is 11.6 Å². The lowest BCUT2D eigenvalue weighted by molar-refractivity contribution is -0.129. The number of Topliss-reactive ketones (excluding diaryl/α,β-unsaturated/α-hetero) is 1. The molecule has 2 aromatic carbocycles. The monoisotopic (exact) mass is 418 g/mol. The maximum Gasteiger partial charge on any atom is 0.290 e. The summed E-state index contributed by atoms with van der Waals surface area (Å²) in [5.74, 6) is -1.40. The number of benzene rings is 2. The molecule has 31 heavy (non-hydrogen) atoms. The highest BCUT2D eigenvalue weighted by molar-refractivity contribution is 6.16. The van der Waals surface area contributed by atoms with E-state index in [9.17, 15) is 14.7 Å². The van der Waals surface area contributed by atoms with Crippen LogP contribution in [-0.2, 0) is 11.2 Å². The molecule has 160 valence electrons. The van der Waals surface area contributed by atoms with Crippen LogP contribution >= 0.6 is 0 Å². The maximum absolute atomic E-state index is 13.5. The second kappa shape index (κ2) is 8.40. The number of hydrogen-bond donors (Lipinski definition) is 1. The van der Waals surface area contributed by atoms with Crippen molar-refractivity contribution < 1.29 is 19.1 Å². The number of aliphatic hydroxyl groups excluding tert-OH is 1. The van der Waals surface area contributed by atoms with Crippen LogP contribution in [0, 0.1) is 0 Å². The normalized spacial score (nSPS) is 16.7.